The molecule has 1 atom stereocenters. The highest BCUT2D eigenvalue weighted by atomic mass is 16.5. The molecule has 0 saturated carbocycles. The maximum absolute atomic E-state index is 10.6. The summed E-state index contributed by atoms with van der Waals surface area (Å²) in [5.74, 6) is 1.38. The Morgan fingerprint density at radius 2 is 2.23 bits per heavy atom. The van der Waals surface area contributed by atoms with Crippen LogP contribution >= 0.6 is 0 Å². The average Bonchev–Trinajstić information content (AvgIpc) is 3.33. The molecule has 1 N–H and O–H groups in total. The third-order valence-electron chi connectivity index (χ3n) is 4.71. The number of aliphatic hydroxyl groups is 1. The topological polar surface area (TPSA) is 98.0 Å². The Labute approximate surface area is 151 Å². The van der Waals surface area contributed by atoms with Gasteiger partial charge in [0.05, 0.1) is 23.6 Å². The molecule has 0 amide bonds. The Morgan fingerprint density at radius 3 is 2.96 bits per heavy atom. The summed E-state index contributed by atoms with van der Waals surface area (Å²) in [6.45, 7) is 5.15. The molecule has 138 valence electrons. The van der Waals surface area contributed by atoms with Gasteiger partial charge in [-0.25, -0.2) is 0 Å². The number of aryl methyl sites for hydroxylation is 3. The second-order valence-corrected chi connectivity index (χ2v) is 6.59. The predicted octanol–water partition coefficient (Wildman–Crippen LogP) is 1.05. The largest absolute Gasteiger partial charge is 0.380 e. The zero-order valence-corrected chi connectivity index (χ0v) is 15.0. The molecule has 0 unspecified atom stereocenters. The molecule has 0 fully saturated rings. The van der Waals surface area contributed by atoms with Crippen LogP contribution in [-0.4, -0.2) is 46.3 Å². The van der Waals surface area contributed by atoms with E-state index in [4.69, 9.17) is 4.52 Å². The standard InChI is InChI=1S/C17H23N7O2/c1-3-16-19-15(21-26-16)11-23-7-4-8-24-12(10-23)9-13(20-24)17(25)14-5-6-18-22(14)2/h5-6,9,17,25H,3-4,7-8,10-11H2,1-2H3/t17-/m1/s1. The molecule has 1 aliphatic rings. The molecule has 0 spiro atoms. The minimum atomic E-state index is -0.778. The van der Waals surface area contributed by atoms with E-state index in [-0.39, 0.29) is 0 Å². The monoisotopic (exact) mass is 357 g/mol. The lowest BCUT2D eigenvalue weighted by Gasteiger charge is -2.16. The third kappa shape index (κ3) is 3.27. The van der Waals surface area contributed by atoms with Crippen molar-refractivity contribution >= 4 is 0 Å². The zero-order chi connectivity index (χ0) is 18.1. The number of hydrogen-bond donors (Lipinski definition) is 1. The van der Waals surface area contributed by atoms with Crippen molar-refractivity contribution in [1.82, 2.24) is 34.6 Å². The van der Waals surface area contributed by atoms with E-state index in [1.54, 1.807) is 10.9 Å². The summed E-state index contributed by atoms with van der Waals surface area (Å²) in [7, 11) is 1.82. The number of aromatic nitrogens is 6. The van der Waals surface area contributed by atoms with Crippen LogP contribution in [0.25, 0.3) is 0 Å². The number of fused-ring (bicyclic) bond motifs is 1. The van der Waals surface area contributed by atoms with Gasteiger partial charge in [0.15, 0.2) is 5.82 Å². The first kappa shape index (κ1) is 16.9. The quantitative estimate of drug-likeness (QED) is 0.729. The van der Waals surface area contributed by atoms with Gasteiger partial charge in [0.1, 0.15) is 6.10 Å². The van der Waals surface area contributed by atoms with Crippen molar-refractivity contribution in [3.05, 3.63) is 47.1 Å². The minimum Gasteiger partial charge on any atom is -0.380 e. The van der Waals surface area contributed by atoms with Gasteiger partial charge in [0, 0.05) is 39.3 Å². The van der Waals surface area contributed by atoms with Crippen molar-refractivity contribution in [3.8, 4) is 0 Å². The zero-order valence-electron chi connectivity index (χ0n) is 15.0. The molecule has 3 aromatic rings. The van der Waals surface area contributed by atoms with Crippen molar-refractivity contribution in [2.75, 3.05) is 6.54 Å². The van der Waals surface area contributed by atoms with Gasteiger partial charge in [-0.15, -0.1) is 0 Å². The first-order chi connectivity index (χ1) is 12.6. The molecular weight excluding hydrogens is 334 g/mol. The van der Waals surface area contributed by atoms with E-state index in [1.165, 1.54) is 0 Å². The van der Waals surface area contributed by atoms with E-state index in [2.05, 4.69) is 25.2 Å². The SMILES string of the molecule is CCc1nc(CN2CCCn3nc([C@@H](O)c4ccnn4C)cc3C2)no1. The normalized spacial score (nSPS) is 16.4. The third-order valence-corrected chi connectivity index (χ3v) is 4.71. The molecule has 9 heteroatoms. The highest BCUT2D eigenvalue weighted by molar-refractivity contribution is 5.21. The molecule has 0 bridgehead atoms. The molecule has 1 aliphatic heterocycles. The van der Waals surface area contributed by atoms with Crippen LogP contribution in [0.4, 0.5) is 0 Å². The van der Waals surface area contributed by atoms with Crippen LogP contribution in [0.2, 0.25) is 0 Å². The van der Waals surface area contributed by atoms with E-state index in [0.717, 1.165) is 43.9 Å². The van der Waals surface area contributed by atoms with E-state index < -0.39 is 6.10 Å². The Kier molecular flexibility index (Phi) is 4.56. The Bertz CT molecular complexity index is 881. The minimum absolute atomic E-state index is 0.647. The Balaban J connectivity index is 1.51. The molecule has 0 aromatic carbocycles. The van der Waals surface area contributed by atoms with Crippen LogP contribution < -0.4 is 0 Å². The summed E-state index contributed by atoms with van der Waals surface area (Å²) in [4.78, 5) is 6.68. The summed E-state index contributed by atoms with van der Waals surface area (Å²) in [6.07, 6.45) is 2.62. The van der Waals surface area contributed by atoms with Crippen LogP contribution in [0.5, 0.6) is 0 Å². The fourth-order valence-corrected chi connectivity index (χ4v) is 3.32. The van der Waals surface area contributed by atoms with E-state index in [9.17, 15) is 5.11 Å². The second kappa shape index (κ2) is 7.00. The molecule has 3 aromatic heterocycles. The first-order valence-corrected chi connectivity index (χ1v) is 8.90. The van der Waals surface area contributed by atoms with Crippen LogP contribution in [-0.2, 0) is 33.1 Å². The molecule has 0 radical (unpaired) electrons. The van der Waals surface area contributed by atoms with Crippen molar-refractivity contribution in [3.63, 3.8) is 0 Å². The van der Waals surface area contributed by atoms with Gasteiger partial charge in [0.25, 0.3) is 0 Å². The smallest absolute Gasteiger partial charge is 0.226 e. The molecule has 4 heterocycles. The maximum Gasteiger partial charge on any atom is 0.226 e. The van der Waals surface area contributed by atoms with Crippen molar-refractivity contribution < 1.29 is 9.63 Å². The van der Waals surface area contributed by atoms with Gasteiger partial charge >= 0.3 is 0 Å². The molecule has 4 rings (SSSR count). The highest BCUT2D eigenvalue weighted by Gasteiger charge is 2.23. The van der Waals surface area contributed by atoms with Gasteiger partial charge in [-0.05, 0) is 18.6 Å². The van der Waals surface area contributed by atoms with Gasteiger partial charge in [-0.2, -0.15) is 15.2 Å². The number of aliphatic hydroxyl groups excluding tert-OH is 1. The van der Waals surface area contributed by atoms with Crippen LogP contribution in [0, 0.1) is 0 Å². The van der Waals surface area contributed by atoms with Crippen molar-refractivity contribution in [2.24, 2.45) is 7.05 Å². The summed E-state index contributed by atoms with van der Waals surface area (Å²) < 4.78 is 8.86. The second-order valence-electron chi connectivity index (χ2n) is 6.59. The number of hydrogen-bond acceptors (Lipinski definition) is 7. The van der Waals surface area contributed by atoms with Gasteiger partial charge in [-0.1, -0.05) is 12.1 Å². The number of rotatable bonds is 5. The molecule has 9 nitrogen and oxygen atoms in total. The first-order valence-electron chi connectivity index (χ1n) is 8.90. The lowest BCUT2D eigenvalue weighted by atomic mass is 10.2. The lowest BCUT2D eigenvalue weighted by Crippen LogP contribution is -2.23. The Hall–Kier alpha value is -2.52. The van der Waals surface area contributed by atoms with Crippen LogP contribution in [0.15, 0.2) is 22.9 Å². The van der Waals surface area contributed by atoms with Gasteiger partial charge in [0.2, 0.25) is 5.89 Å². The maximum atomic E-state index is 10.6. The van der Waals surface area contributed by atoms with E-state index in [1.807, 2.05) is 30.8 Å². The fraction of sp³-hybridized carbons (Fsp3) is 0.529. The Morgan fingerprint density at radius 1 is 1.35 bits per heavy atom. The van der Waals surface area contributed by atoms with Gasteiger partial charge < -0.3 is 9.63 Å². The summed E-state index contributed by atoms with van der Waals surface area (Å²) in [6, 6.07) is 3.78. The molecule has 26 heavy (non-hydrogen) atoms. The molecule has 0 aliphatic carbocycles. The summed E-state index contributed by atoms with van der Waals surface area (Å²) >= 11 is 0. The van der Waals surface area contributed by atoms with E-state index >= 15 is 0 Å². The van der Waals surface area contributed by atoms with Gasteiger partial charge in [-0.3, -0.25) is 14.3 Å². The lowest BCUT2D eigenvalue weighted by molar-refractivity contribution is 0.203. The van der Waals surface area contributed by atoms with E-state index in [0.29, 0.717) is 24.0 Å². The number of nitrogens with zero attached hydrogens (tertiary/aromatic N) is 7. The molecular formula is C17H23N7O2. The molecule has 0 saturated heterocycles. The van der Waals surface area contributed by atoms with Crippen molar-refractivity contribution in [1.29, 1.82) is 0 Å². The highest BCUT2D eigenvalue weighted by Crippen LogP contribution is 2.23. The van der Waals surface area contributed by atoms with Crippen LogP contribution in [0.1, 0.15) is 48.2 Å². The average molecular weight is 357 g/mol. The summed E-state index contributed by atoms with van der Waals surface area (Å²) in [5, 5.41) is 23.4. The van der Waals surface area contributed by atoms with Crippen LogP contribution in [0.3, 0.4) is 0 Å². The predicted molar refractivity (Wildman–Crippen MR) is 91.9 cm³/mol. The van der Waals surface area contributed by atoms with Crippen molar-refractivity contribution in [2.45, 2.75) is 45.5 Å². The fourth-order valence-electron chi connectivity index (χ4n) is 3.32. The summed E-state index contributed by atoms with van der Waals surface area (Å²) in [5.41, 5.74) is 2.46.